The van der Waals surface area contributed by atoms with Crippen LogP contribution in [0, 0.1) is 29.6 Å². The molecule has 2 bridgehead atoms. The van der Waals surface area contributed by atoms with Gasteiger partial charge in [-0.3, -0.25) is 4.79 Å². The number of aryl methyl sites for hydroxylation is 1. The number of rotatable bonds is 18. The number of fused-ring (bicyclic) bond motifs is 2. The Hall–Kier alpha value is -4.97. The number of methoxy groups -OCH3 is 2. The van der Waals surface area contributed by atoms with Gasteiger partial charge in [0.05, 0.1) is 43.2 Å². The quantitative estimate of drug-likeness (QED) is 0.0705. The smallest absolute Gasteiger partial charge is 0.415 e. The molecule has 5 saturated heterocycles. The summed E-state index contributed by atoms with van der Waals surface area (Å²) in [6, 6.07) is 3.68. The van der Waals surface area contributed by atoms with Crippen molar-refractivity contribution in [2.75, 3.05) is 48.0 Å². The lowest BCUT2D eigenvalue weighted by Crippen LogP contribution is -2.58. The lowest BCUT2D eigenvalue weighted by atomic mass is 9.71. The molecule has 20 nitrogen and oxygen atoms in total. The Morgan fingerprint density at radius 2 is 1.54 bits per heavy atom. The number of hydrogen-bond donors (Lipinski definition) is 3. The zero-order valence-corrected chi connectivity index (χ0v) is 58.5. The van der Waals surface area contributed by atoms with E-state index >= 15 is 0 Å². The van der Waals surface area contributed by atoms with E-state index in [4.69, 9.17) is 56.8 Å². The van der Waals surface area contributed by atoms with Crippen LogP contribution >= 0.6 is 0 Å². The third-order valence-electron chi connectivity index (χ3n) is 21.1. The molecule has 2 amide bonds. The molecule has 0 aromatic heterocycles. The molecule has 1 aromatic carbocycles. The topological polar surface area (TPSA) is 229 Å². The minimum atomic E-state index is -1.87. The van der Waals surface area contributed by atoms with Gasteiger partial charge in [0.25, 0.3) is 0 Å². The summed E-state index contributed by atoms with van der Waals surface area (Å²) < 4.78 is 77.8. The van der Waals surface area contributed by atoms with Gasteiger partial charge in [0.2, 0.25) is 0 Å². The molecule has 2 aliphatic carbocycles. The van der Waals surface area contributed by atoms with Gasteiger partial charge >= 0.3 is 18.2 Å². The highest BCUT2D eigenvalue weighted by Crippen LogP contribution is 2.50. The first-order valence-electron chi connectivity index (χ1n) is 34.7. The predicted octanol–water partition coefficient (Wildman–Crippen LogP) is 11.9. The summed E-state index contributed by atoms with van der Waals surface area (Å²) in [5, 5.41) is 35.6. The number of aromatic hydroxyl groups is 1. The molecule has 21 atom stereocenters. The number of aliphatic hydroxyl groups excluding tert-OH is 1. The molecular formula is C74H110N2O18. The van der Waals surface area contributed by atoms with E-state index in [1.165, 1.54) is 15.4 Å². The van der Waals surface area contributed by atoms with E-state index in [0.29, 0.717) is 60.5 Å². The largest absolute Gasteiger partial charge is 0.507 e. The second-order valence-corrected chi connectivity index (χ2v) is 28.8. The second-order valence-electron chi connectivity index (χ2n) is 28.8. The fraction of sp³-hybridized carbons (Fsp3) is 0.716. The molecule has 94 heavy (non-hydrogen) atoms. The molecule has 6 aliphatic heterocycles. The van der Waals surface area contributed by atoms with Gasteiger partial charge < -0.3 is 82.0 Å². The minimum Gasteiger partial charge on any atom is -0.507 e. The highest BCUT2D eigenvalue weighted by molar-refractivity contribution is 5.79. The van der Waals surface area contributed by atoms with Crippen LogP contribution < -0.4 is 4.74 Å². The summed E-state index contributed by atoms with van der Waals surface area (Å²) in [5.74, 6) is -2.12. The SMILES string of the molecule is C=C(C)[C@@H]1CCC(C)=C[C@H]1c1c(O)cc(CCCCC)cc1OC(=O)N(C)CCN(C)C(=O)O[C@H]1[C@H](C)O[C@@H](O[C@H]2[C@H](C)O[C@@H](O[C@@H]3/C(C)=C/C[C@@H]4C[C@@H](C[C@]5(CC[C@H](C)[C@@H](C(C)C)O5)O4)OC(=O)[C@@H]4C=C(C)[C@@H](O)[C@H]5OC/C(=C\C=C\[C@@H]3C)[C@]54O)C[C@@H]2OC)C[C@@H]1OC. The number of carbonyl (C=O) groups excluding carboxylic acids is 3. The Balaban J connectivity index is 0.837. The number of ether oxygens (including phenoxy) is 12. The molecule has 6 heterocycles. The Labute approximate surface area is 558 Å². The number of hydrogen-bond acceptors (Lipinski definition) is 18. The maximum absolute atomic E-state index is 14.5. The van der Waals surface area contributed by atoms with Crippen LogP contribution in [0.5, 0.6) is 11.5 Å². The summed E-state index contributed by atoms with van der Waals surface area (Å²) >= 11 is 0. The number of esters is 1. The normalized spacial score (nSPS) is 38.6. The van der Waals surface area contributed by atoms with Gasteiger partial charge in [0.1, 0.15) is 53.5 Å². The number of allylic oxidation sites excluding steroid dienone is 5. The van der Waals surface area contributed by atoms with E-state index in [9.17, 15) is 29.7 Å². The van der Waals surface area contributed by atoms with Crippen molar-refractivity contribution in [2.45, 2.75) is 263 Å². The van der Waals surface area contributed by atoms with Crippen LogP contribution in [0.4, 0.5) is 9.59 Å². The van der Waals surface area contributed by atoms with Crippen molar-refractivity contribution in [1.82, 2.24) is 9.80 Å². The van der Waals surface area contributed by atoms with Gasteiger partial charge in [-0.25, -0.2) is 9.59 Å². The Morgan fingerprint density at radius 1 is 0.862 bits per heavy atom. The van der Waals surface area contributed by atoms with Crippen molar-refractivity contribution in [3.63, 3.8) is 0 Å². The van der Waals surface area contributed by atoms with Gasteiger partial charge in [-0.05, 0) is 132 Å². The number of unbranched alkanes of at least 4 members (excludes halogenated alkanes) is 2. The van der Waals surface area contributed by atoms with Crippen LogP contribution in [-0.4, -0.2) is 189 Å². The standard InChI is InChI=1S/C74H110N2O18/c1-17-18-19-22-50-34-57(77)63(55-32-43(6)24-27-54(55)41(2)3)58(35-50)89-71(80)75(13)30-31-76(14)72(81)92-68-49(12)87-62(38-60(68)84-16)91-67-48(11)86-61(37-59(67)83-15)90-66-44(7)21-20-23-51-40-85-69-64(78)47(10)33-56(74(51,69)82)70(79)88-53-36-52(26-25-45(66)8)93-73(39-53)29-28-46(9)65(94-73)42(4)5/h20-21,23,25,32-35,42,44,46,48-49,52-56,59-62,64-69,77-78,82H,2,17-19,22,24,26-31,36-40H2,1,3-16H3/b21-20+,45-25+,51-23+/t44-,46-,48-,49-,52+,53-,54-,55+,56-,59-,60-,61-,62-,64+,65+,66-,67-,68-,69+,73+,74+/m0/s1. The van der Waals surface area contributed by atoms with E-state index in [1.807, 2.05) is 39.0 Å². The predicted molar refractivity (Wildman–Crippen MR) is 354 cm³/mol. The summed E-state index contributed by atoms with van der Waals surface area (Å²) in [6.07, 6.45) is 10.2. The van der Waals surface area contributed by atoms with Gasteiger partial charge in [0.15, 0.2) is 24.5 Å². The molecule has 3 N–H and O–H groups in total. The summed E-state index contributed by atoms with van der Waals surface area (Å²) in [5.41, 5.74) is 3.72. The molecule has 524 valence electrons. The maximum Gasteiger partial charge on any atom is 0.415 e. The second kappa shape index (κ2) is 31.7. The third-order valence-corrected chi connectivity index (χ3v) is 21.1. The number of phenols is 1. The number of likely N-dealkylation sites (N-methyl/N-ethyl adjacent to an activating group) is 2. The number of aliphatic hydroxyl groups is 2. The number of amides is 2. The van der Waals surface area contributed by atoms with E-state index in [0.717, 1.165) is 61.7 Å². The van der Waals surface area contributed by atoms with E-state index in [2.05, 4.69) is 60.3 Å². The Kier molecular flexibility index (Phi) is 24.7. The molecule has 20 heteroatoms. The van der Waals surface area contributed by atoms with Crippen LogP contribution in [0.15, 0.2) is 83.0 Å². The van der Waals surface area contributed by atoms with E-state index in [1.54, 1.807) is 60.4 Å². The van der Waals surface area contributed by atoms with Crippen LogP contribution in [-0.2, 0) is 63.3 Å². The first-order chi connectivity index (χ1) is 44.7. The number of carbonyl (C=O) groups is 3. The highest BCUT2D eigenvalue weighted by Gasteiger charge is 2.60. The summed E-state index contributed by atoms with van der Waals surface area (Å²) in [7, 11) is 6.40. The molecule has 8 aliphatic rings. The molecule has 0 unspecified atom stereocenters. The zero-order chi connectivity index (χ0) is 68.1. The minimum absolute atomic E-state index is 0.00629. The molecule has 1 spiro atoms. The third kappa shape index (κ3) is 16.6. The van der Waals surface area contributed by atoms with E-state index in [-0.39, 0.29) is 67.7 Å². The van der Waals surface area contributed by atoms with Crippen molar-refractivity contribution < 1.29 is 86.5 Å². The van der Waals surface area contributed by atoms with Gasteiger partial charge in [-0.15, -0.1) is 0 Å². The summed E-state index contributed by atoms with van der Waals surface area (Å²) in [4.78, 5) is 45.0. The zero-order valence-electron chi connectivity index (χ0n) is 58.5. The van der Waals surface area contributed by atoms with Crippen molar-refractivity contribution in [3.05, 3.63) is 94.2 Å². The Bertz CT molecular complexity index is 2980. The van der Waals surface area contributed by atoms with Crippen molar-refractivity contribution in [1.29, 1.82) is 0 Å². The highest BCUT2D eigenvalue weighted by atomic mass is 16.7. The molecule has 0 radical (unpaired) electrons. The van der Waals surface area contributed by atoms with Gasteiger partial charge in [-0.1, -0.05) is 102 Å². The lowest BCUT2D eigenvalue weighted by Gasteiger charge is -2.50. The summed E-state index contributed by atoms with van der Waals surface area (Å²) in [6.45, 7) is 26.8. The Morgan fingerprint density at radius 3 is 2.22 bits per heavy atom. The maximum atomic E-state index is 14.5. The monoisotopic (exact) mass is 1310 g/mol. The van der Waals surface area contributed by atoms with Gasteiger partial charge in [0, 0.05) is 90.9 Å². The average molecular weight is 1320 g/mol. The van der Waals surface area contributed by atoms with Crippen molar-refractivity contribution in [3.8, 4) is 11.5 Å². The number of benzene rings is 1. The van der Waals surface area contributed by atoms with Crippen molar-refractivity contribution in [2.24, 2.45) is 29.6 Å². The molecular weight excluding hydrogens is 1200 g/mol. The number of phenolic OH excluding ortho intramolecular Hbond substituents is 1. The molecule has 5 fully saturated rings. The van der Waals surface area contributed by atoms with Gasteiger partial charge in [-0.2, -0.15) is 0 Å². The fourth-order valence-corrected chi connectivity index (χ4v) is 15.6. The lowest BCUT2D eigenvalue weighted by molar-refractivity contribution is -0.340. The van der Waals surface area contributed by atoms with Crippen LogP contribution in [0.2, 0.25) is 0 Å². The van der Waals surface area contributed by atoms with Crippen LogP contribution in [0.3, 0.4) is 0 Å². The first-order valence-corrected chi connectivity index (χ1v) is 34.7. The van der Waals surface area contributed by atoms with E-state index < -0.39 is 109 Å². The molecule has 9 rings (SSSR count). The van der Waals surface area contributed by atoms with Crippen LogP contribution in [0.1, 0.15) is 170 Å². The molecule has 1 aromatic rings. The average Bonchev–Trinajstić information content (AvgIpc) is 1.52. The fourth-order valence-electron chi connectivity index (χ4n) is 15.6. The van der Waals surface area contributed by atoms with Crippen LogP contribution in [0.25, 0.3) is 0 Å². The first kappa shape index (κ1) is 73.3. The van der Waals surface area contributed by atoms with Crippen molar-refractivity contribution >= 4 is 18.2 Å². The number of nitrogens with zero attached hydrogens (tertiary/aromatic N) is 2. The molecule has 0 saturated carbocycles.